The molecule has 0 aromatic rings. The van der Waals surface area contributed by atoms with Crippen LogP contribution in [0.15, 0.2) is 12.2 Å². The van der Waals surface area contributed by atoms with Crippen molar-refractivity contribution in [2.45, 2.75) is 163 Å². The van der Waals surface area contributed by atoms with E-state index in [0.29, 0.717) is 5.41 Å². The fourth-order valence-corrected chi connectivity index (χ4v) is 5.42. The summed E-state index contributed by atoms with van der Waals surface area (Å²) in [6, 6.07) is 0. The topological polar surface area (TPSA) is 0 Å². The van der Waals surface area contributed by atoms with Crippen LogP contribution in [0.4, 0.5) is 0 Å². The summed E-state index contributed by atoms with van der Waals surface area (Å²) in [5.41, 5.74) is 1.91. The van der Waals surface area contributed by atoms with Gasteiger partial charge in [-0.15, -0.1) is 0 Å². The molecule has 0 fully saturated rings. The van der Waals surface area contributed by atoms with Gasteiger partial charge in [-0.05, 0) is 43.4 Å². The molecule has 0 heterocycles. The van der Waals surface area contributed by atoms with Gasteiger partial charge in [-0.3, -0.25) is 0 Å². The first-order valence-corrected chi connectivity index (χ1v) is 15.4. The van der Waals surface area contributed by atoms with Crippen molar-refractivity contribution >= 4 is 15.9 Å². The highest BCUT2D eigenvalue weighted by atomic mass is 79.9. The first-order chi connectivity index (χ1) is 15.0. The van der Waals surface area contributed by atoms with Crippen molar-refractivity contribution in [1.82, 2.24) is 0 Å². The standard InChI is InChI=1S/C30H59Br/c1-6-8-10-12-14-16-20-24-28(3)30(5,26-22-18-19-23-27-31)29(4)25-21-17-15-13-11-9-7-2/h29H,3,6-27H2,1-2,4-5H3. The molecule has 2 unspecified atom stereocenters. The summed E-state index contributed by atoms with van der Waals surface area (Å²) in [6.45, 7) is 14.4. The monoisotopic (exact) mass is 498 g/mol. The van der Waals surface area contributed by atoms with Crippen molar-refractivity contribution in [2.24, 2.45) is 11.3 Å². The van der Waals surface area contributed by atoms with Crippen LogP contribution >= 0.6 is 15.9 Å². The van der Waals surface area contributed by atoms with E-state index in [1.165, 1.54) is 135 Å². The maximum atomic E-state index is 4.68. The van der Waals surface area contributed by atoms with E-state index < -0.39 is 0 Å². The smallest absolute Gasteiger partial charge is 0.00313 e. The van der Waals surface area contributed by atoms with E-state index in [0.717, 1.165) is 11.2 Å². The quantitative estimate of drug-likeness (QED) is 0.0703. The second-order valence-corrected chi connectivity index (χ2v) is 11.3. The molecule has 0 rings (SSSR count). The minimum atomic E-state index is 0.346. The van der Waals surface area contributed by atoms with Crippen LogP contribution in [0, 0.1) is 11.3 Å². The van der Waals surface area contributed by atoms with E-state index >= 15 is 0 Å². The highest BCUT2D eigenvalue weighted by molar-refractivity contribution is 9.09. The number of hydrogen-bond donors (Lipinski definition) is 0. The molecular weight excluding hydrogens is 440 g/mol. The van der Waals surface area contributed by atoms with E-state index in [2.05, 4.69) is 50.2 Å². The minimum absolute atomic E-state index is 0.346. The summed E-state index contributed by atoms with van der Waals surface area (Å²) < 4.78 is 0. The minimum Gasteiger partial charge on any atom is -0.0993 e. The van der Waals surface area contributed by atoms with Gasteiger partial charge in [0.1, 0.15) is 0 Å². The van der Waals surface area contributed by atoms with Crippen LogP contribution in [-0.4, -0.2) is 5.33 Å². The van der Waals surface area contributed by atoms with Gasteiger partial charge in [-0.2, -0.15) is 0 Å². The van der Waals surface area contributed by atoms with E-state index in [1.807, 2.05) is 0 Å². The Labute approximate surface area is 207 Å². The van der Waals surface area contributed by atoms with E-state index in [-0.39, 0.29) is 0 Å². The first kappa shape index (κ1) is 31.2. The second kappa shape index (κ2) is 22.0. The Morgan fingerprint density at radius 2 is 1.13 bits per heavy atom. The molecule has 0 saturated heterocycles. The lowest BCUT2D eigenvalue weighted by Gasteiger charge is -2.39. The maximum absolute atomic E-state index is 4.68. The molecule has 0 aliphatic carbocycles. The summed E-state index contributed by atoms with van der Waals surface area (Å²) in [6.07, 6.45) is 29.2. The lowest BCUT2D eigenvalue weighted by Crippen LogP contribution is -2.28. The van der Waals surface area contributed by atoms with Crippen molar-refractivity contribution in [2.75, 3.05) is 5.33 Å². The zero-order chi connectivity index (χ0) is 23.2. The van der Waals surface area contributed by atoms with Gasteiger partial charge in [0.05, 0.1) is 0 Å². The summed E-state index contributed by atoms with van der Waals surface area (Å²) in [7, 11) is 0. The lowest BCUT2D eigenvalue weighted by atomic mass is 9.66. The first-order valence-electron chi connectivity index (χ1n) is 14.3. The average molecular weight is 500 g/mol. The highest BCUT2D eigenvalue weighted by Crippen LogP contribution is 2.44. The molecule has 0 aliphatic rings. The molecule has 2 atom stereocenters. The molecule has 0 amide bonds. The highest BCUT2D eigenvalue weighted by Gasteiger charge is 2.32. The zero-order valence-electron chi connectivity index (χ0n) is 22.2. The van der Waals surface area contributed by atoms with Crippen LogP contribution in [0.1, 0.15) is 163 Å². The van der Waals surface area contributed by atoms with Crippen LogP contribution in [0.2, 0.25) is 0 Å². The lowest BCUT2D eigenvalue weighted by molar-refractivity contribution is 0.205. The van der Waals surface area contributed by atoms with Crippen LogP contribution in [0.25, 0.3) is 0 Å². The molecule has 0 saturated carbocycles. The Hall–Kier alpha value is 0.220. The van der Waals surface area contributed by atoms with Gasteiger partial charge in [-0.25, -0.2) is 0 Å². The van der Waals surface area contributed by atoms with E-state index in [9.17, 15) is 0 Å². The second-order valence-electron chi connectivity index (χ2n) is 10.6. The largest absolute Gasteiger partial charge is 0.0993 e. The predicted octanol–water partition coefficient (Wildman–Crippen LogP) is 11.8. The van der Waals surface area contributed by atoms with Gasteiger partial charge in [0, 0.05) is 5.33 Å². The molecule has 1 heteroatoms. The van der Waals surface area contributed by atoms with Crippen LogP contribution in [0.3, 0.4) is 0 Å². The zero-order valence-corrected chi connectivity index (χ0v) is 23.8. The third-order valence-electron chi connectivity index (χ3n) is 7.80. The molecule has 0 nitrogen and oxygen atoms in total. The molecular formula is C30H59Br. The fourth-order valence-electron chi connectivity index (χ4n) is 5.02. The van der Waals surface area contributed by atoms with Gasteiger partial charge in [0.25, 0.3) is 0 Å². The van der Waals surface area contributed by atoms with Gasteiger partial charge in [-0.1, -0.05) is 159 Å². The fraction of sp³-hybridized carbons (Fsp3) is 0.933. The van der Waals surface area contributed by atoms with Gasteiger partial charge in [0.15, 0.2) is 0 Å². The summed E-state index contributed by atoms with van der Waals surface area (Å²) in [5, 5.41) is 1.16. The Morgan fingerprint density at radius 3 is 1.68 bits per heavy atom. The third kappa shape index (κ3) is 16.5. The number of rotatable bonds is 24. The SMILES string of the molecule is C=C(CCCCCCCCC)C(C)(CCCCCCBr)C(C)CCCCCCCCC. The third-order valence-corrected chi connectivity index (χ3v) is 8.36. The van der Waals surface area contributed by atoms with Gasteiger partial charge < -0.3 is 0 Å². The van der Waals surface area contributed by atoms with Crippen molar-refractivity contribution in [1.29, 1.82) is 0 Å². The number of halogens is 1. The van der Waals surface area contributed by atoms with Crippen LogP contribution < -0.4 is 0 Å². The molecule has 0 spiro atoms. The normalized spacial score (nSPS) is 14.5. The van der Waals surface area contributed by atoms with E-state index in [1.54, 1.807) is 5.57 Å². The Morgan fingerprint density at radius 1 is 0.677 bits per heavy atom. The van der Waals surface area contributed by atoms with Crippen molar-refractivity contribution in [3.8, 4) is 0 Å². The molecule has 186 valence electrons. The predicted molar refractivity (Wildman–Crippen MR) is 149 cm³/mol. The number of unbranched alkanes of at least 4 members (excludes halogenated alkanes) is 15. The Bertz CT molecular complexity index is 388. The van der Waals surface area contributed by atoms with Crippen LogP contribution in [-0.2, 0) is 0 Å². The average Bonchev–Trinajstić information content (AvgIpc) is 2.77. The van der Waals surface area contributed by atoms with E-state index in [4.69, 9.17) is 0 Å². The number of alkyl halides is 1. The van der Waals surface area contributed by atoms with Crippen molar-refractivity contribution in [3.05, 3.63) is 12.2 Å². The molecule has 0 bridgehead atoms. The summed E-state index contributed by atoms with van der Waals surface area (Å²) in [4.78, 5) is 0. The number of hydrogen-bond acceptors (Lipinski definition) is 0. The molecule has 0 radical (unpaired) electrons. The maximum Gasteiger partial charge on any atom is 0.00313 e. The van der Waals surface area contributed by atoms with Crippen molar-refractivity contribution < 1.29 is 0 Å². The molecule has 0 N–H and O–H groups in total. The van der Waals surface area contributed by atoms with Gasteiger partial charge >= 0.3 is 0 Å². The summed E-state index contributed by atoms with van der Waals surface area (Å²) >= 11 is 3.58. The summed E-state index contributed by atoms with van der Waals surface area (Å²) in [5.74, 6) is 0.774. The van der Waals surface area contributed by atoms with Crippen molar-refractivity contribution in [3.63, 3.8) is 0 Å². The Kier molecular flexibility index (Phi) is 22.2. The Balaban J connectivity index is 4.45. The molecule has 31 heavy (non-hydrogen) atoms. The van der Waals surface area contributed by atoms with Crippen LogP contribution in [0.5, 0.6) is 0 Å². The van der Waals surface area contributed by atoms with Gasteiger partial charge in [0.2, 0.25) is 0 Å². The molecule has 0 aromatic heterocycles. The molecule has 0 aromatic carbocycles. The number of allylic oxidation sites excluding steroid dienone is 1. The molecule has 0 aliphatic heterocycles.